The first-order valence-corrected chi connectivity index (χ1v) is 48.9. The predicted molar refractivity (Wildman–Crippen MR) is 565 cm³/mol. The van der Waals surface area contributed by atoms with Gasteiger partial charge in [-0.1, -0.05) is 110 Å². The summed E-state index contributed by atoms with van der Waals surface area (Å²) in [5, 5.41) is 65.7. The summed E-state index contributed by atoms with van der Waals surface area (Å²) in [6.07, 6.45) is -12.8. The molecule has 6 N–H and O–H groups in total. The summed E-state index contributed by atoms with van der Waals surface area (Å²) < 4.78 is 491. The zero-order valence-corrected chi connectivity index (χ0v) is 84.7. The number of piperidine rings is 6. The summed E-state index contributed by atoms with van der Waals surface area (Å²) in [5.41, 5.74) is -4.56. The average Bonchev–Trinajstić information content (AvgIpc) is 0.709. The van der Waals surface area contributed by atoms with Gasteiger partial charge in [0.15, 0.2) is 69.0 Å². The van der Waals surface area contributed by atoms with Gasteiger partial charge in [-0.3, -0.25) is 29.4 Å². The maximum absolute atomic E-state index is 11.1. The molecule has 0 radical (unpaired) electrons. The zero-order valence-electron chi connectivity index (χ0n) is 138. The molecule has 142 heavy (non-hydrogen) atoms. The van der Waals surface area contributed by atoms with Crippen LogP contribution in [0.2, 0.25) is 0 Å². The summed E-state index contributed by atoms with van der Waals surface area (Å²) in [6, 6.07) is -2.89. The van der Waals surface area contributed by atoms with Crippen molar-refractivity contribution in [2.75, 3.05) is 164 Å². The number of benzene rings is 6. The number of nitrogens with zero attached hydrogens (tertiary/aromatic N) is 6. The summed E-state index contributed by atoms with van der Waals surface area (Å²) in [4.78, 5) is 11.7. The van der Waals surface area contributed by atoms with Gasteiger partial charge in [-0.05, 0) is 324 Å². The molecule has 0 aliphatic carbocycles. The Bertz CT molecular complexity index is 7210. The maximum Gasteiger partial charge on any atom is 0.161 e. The minimum Gasteiger partial charge on any atom is -0.493 e. The van der Waals surface area contributed by atoms with Gasteiger partial charge in [0.25, 0.3) is 0 Å². The van der Waals surface area contributed by atoms with E-state index >= 15 is 0 Å². The first-order valence-electron chi connectivity index (χ1n) is 75.4. The fourth-order valence-corrected chi connectivity index (χ4v) is 22.5. The molecule has 12 aliphatic heterocycles. The van der Waals surface area contributed by atoms with E-state index in [0.29, 0.717) is 125 Å². The van der Waals surface area contributed by atoms with E-state index in [1.165, 1.54) is 64.0 Å². The molecule has 12 heterocycles. The number of fused-ring (bicyclic) bond motifs is 18. The molecule has 0 saturated carbocycles. The molecule has 792 valence electrons. The molecule has 12 aliphatic rings. The molecule has 6 aromatic rings. The first-order chi connectivity index (χ1) is 89.0. The summed E-state index contributed by atoms with van der Waals surface area (Å²) in [7, 11) is 3.74. The quantitative estimate of drug-likeness (QED) is 0.0415. The maximum atomic E-state index is 11.1. The Balaban J connectivity index is 0.000000189. The van der Waals surface area contributed by atoms with Gasteiger partial charge in [0, 0.05) is 159 Å². The van der Waals surface area contributed by atoms with Gasteiger partial charge in [0.05, 0.1) is 151 Å². The molecule has 0 spiro atoms. The van der Waals surface area contributed by atoms with E-state index in [4.69, 9.17) is 129 Å². The van der Waals surface area contributed by atoms with Crippen LogP contribution < -0.4 is 56.8 Å². The van der Waals surface area contributed by atoms with Crippen LogP contribution in [0, 0.1) is 69.0 Å². The van der Waals surface area contributed by atoms with Crippen molar-refractivity contribution in [3.8, 4) is 69.0 Å². The van der Waals surface area contributed by atoms with Crippen LogP contribution in [0.3, 0.4) is 0 Å². The molecule has 24 heteroatoms. The Hall–Kier alpha value is -7.56. The van der Waals surface area contributed by atoms with Crippen molar-refractivity contribution in [3.05, 3.63) is 139 Å². The third-order valence-corrected chi connectivity index (χ3v) is 28.8. The molecule has 6 saturated heterocycles. The minimum absolute atomic E-state index is 0.0117. The molecule has 24 nitrogen and oxygen atoms in total. The van der Waals surface area contributed by atoms with Crippen molar-refractivity contribution in [2.45, 2.75) is 298 Å². The van der Waals surface area contributed by atoms with Crippen molar-refractivity contribution in [1.82, 2.24) is 29.4 Å². The average molecular weight is 2030 g/mol. The van der Waals surface area contributed by atoms with Gasteiger partial charge in [0.2, 0.25) is 0 Å². The molecular weight excluding hydrogens is 1790 g/mol. The summed E-state index contributed by atoms with van der Waals surface area (Å²) >= 11 is 0. The van der Waals surface area contributed by atoms with Crippen LogP contribution >= 0.6 is 0 Å². The van der Waals surface area contributed by atoms with E-state index in [2.05, 4.69) is 37.5 Å². The molecule has 18 rings (SSSR count). The normalized spacial score (nSPS) is 34.2. The standard InChI is InChI=1S/4C20H31NO3.2C19H29NO3/c4*1-20(2,3)11-14-12-21-7-6-13-8-18(23-4)19(24-5)9-15(13)16(21)10-17(14)22;2*1-12(2)7-14-11-20-6-5-13-8-18(22-3)19(23-4)9-15(13)16(20)10-17(14)21/h4*8-9,14,16-17,22H,6-7,10-12H2,1-5H3;2*8-9,12,14,16-17,21H,5-7,10-11H2,1-4H3/i2*1D3,2D3,5D3,8D,9D,11D2;2*1D3,2D3,8D,9D,11D2;4D3,8D,9D;8D,9D. The third-order valence-electron chi connectivity index (χ3n) is 28.8. The van der Waals surface area contributed by atoms with Crippen molar-refractivity contribution < 1.29 is 160 Å². The van der Waals surface area contributed by atoms with E-state index in [9.17, 15) is 30.6 Å². The lowest BCUT2D eigenvalue weighted by atomic mass is 9.75. The fourth-order valence-electron chi connectivity index (χ4n) is 22.5. The molecule has 6 aromatic carbocycles. The van der Waals surface area contributed by atoms with E-state index in [0.717, 1.165) is 84.3 Å². The van der Waals surface area contributed by atoms with Crippen LogP contribution in [0.1, 0.15) is 363 Å². The topological polar surface area (TPSA) is 252 Å². The number of aliphatic hydroxyl groups excluding tert-OH is 6. The fraction of sp³-hybridized carbons (Fsp3) is 0.695. The Morgan fingerprint density at radius 1 is 0.268 bits per heavy atom. The van der Waals surface area contributed by atoms with E-state index in [-0.39, 0.29) is 225 Å². The highest BCUT2D eigenvalue weighted by atomic mass is 16.5. The van der Waals surface area contributed by atoms with E-state index < -0.39 is 213 Å². The number of rotatable bonds is 20. The lowest BCUT2D eigenvalue weighted by Gasteiger charge is -2.47. The van der Waals surface area contributed by atoms with Crippen molar-refractivity contribution >= 4 is 0 Å². The number of aliphatic hydroxyl groups is 6. The van der Waals surface area contributed by atoms with Crippen molar-refractivity contribution in [2.24, 2.45) is 69.0 Å². The number of hydrogen-bond acceptors (Lipinski definition) is 24. The molecule has 18 unspecified atom stereocenters. The number of ether oxygens (including phenoxy) is 12. The zero-order chi connectivity index (χ0) is 148. The molecule has 0 aromatic heterocycles. The van der Waals surface area contributed by atoms with Crippen molar-refractivity contribution in [1.29, 1.82) is 0 Å². The highest BCUT2D eigenvalue weighted by Crippen LogP contribution is 2.53. The van der Waals surface area contributed by atoms with Gasteiger partial charge < -0.3 is 87.5 Å². The van der Waals surface area contributed by atoms with E-state index in [1.807, 2.05) is 9.80 Å². The van der Waals surface area contributed by atoms with Crippen LogP contribution in [0.25, 0.3) is 0 Å². The second kappa shape index (κ2) is 48.2. The van der Waals surface area contributed by atoms with E-state index in [1.54, 1.807) is 9.80 Å². The molecule has 18 atom stereocenters. The Morgan fingerprint density at radius 2 is 0.423 bits per heavy atom. The molecule has 0 amide bonds. The largest absolute Gasteiger partial charge is 0.493 e. The molecule has 0 bridgehead atoms. The second-order valence-electron chi connectivity index (χ2n) is 40.6. The smallest absolute Gasteiger partial charge is 0.161 e. The first kappa shape index (κ1) is 60.2. The summed E-state index contributed by atoms with van der Waals surface area (Å²) in [5.74, 6) is -4.23. The van der Waals surface area contributed by atoms with Gasteiger partial charge in [-0.15, -0.1) is 0 Å². The van der Waals surface area contributed by atoms with Crippen LogP contribution in [-0.2, 0) is 38.5 Å². The minimum atomic E-state index is -3.21. The third kappa shape index (κ3) is 27.1. The molecular formula is C118H182N6O18. The molecule has 6 fully saturated rings. The van der Waals surface area contributed by atoms with Crippen LogP contribution in [0.5, 0.6) is 69.0 Å². The Kier molecular flexibility index (Phi) is 20.4. The number of hydrogen-bond donors (Lipinski definition) is 6. The SMILES string of the molecule is [2H]c1c2c(c([2H])c(OC([2H])([2H])[2H])c1OC)C1CC(O)C(C([2H])([2H])C(C)(C([2H])([2H])[2H])C([2H])([2H])[2H])CN1CC2.[2H]c1c2c(c([2H])c(OC([2H])([2H])[2H])c1OC)C1CC(O)C(C([2H])([2H])C(C)(C([2H])([2H])[2H])C([2H])([2H])[2H])CN1CC2.[2H]c1c2c(c([2H])c(OC([2H])([2H])[2H])c1OC)C1CC(O)C(CC(C)C)CN1CC2.[2H]c1c2c(c([2H])c(OC)c1OC)C1CC(O)C(C([2H])([2H])C(C)(C([2H])([2H])[2H])C([2H])([2H])[2H])CN1CC2.[2H]c1c2c(c([2H])c(OC)c1OC)C1CC(O)C(C([2H])([2H])C(C)(C([2H])([2H])[2H])C([2H])([2H])[2H])CN1CC2.[2H]c1c2c(c([2H])c(OC)c1OC)C1CC(O)C(CC(C)C)CN1CC2. The lowest BCUT2D eigenvalue weighted by Crippen LogP contribution is -2.48. The van der Waals surface area contributed by atoms with Crippen LogP contribution in [0.15, 0.2) is 72.5 Å². The van der Waals surface area contributed by atoms with Gasteiger partial charge >= 0.3 is 0 Å². The number of methoxy groups -OCH3 is 12. The highest BCUT2D eigenvalue weighted by Gasteiger charge is 2.48. The van der Waals surface area contributed by atoms with Crippen LogP contribution in [-0.4, -0.2) is 260 Å². The van der Waals surface area contributed by atoms with Gasteiger partial charge in [-0.25, -0.2) is 0 Å². The van der Waals surface area contributed by atoms with Gasteiger partial charge in [0.1, 0.15) is 0 Å². The Morgan fingerprint density at radius 3 is 0.577 bits per heavy atom. The summed E-state index contributed by atoms with van der Waals surface area (Å²) in [6.45, 7) is -9.42. The van der Waals surface area contributed by atoms with Crippen molar-refractivity contribution in [3.63, 3.8) is 0 Å². The monoisotopic (exact) mass is 2020 g/mol. The van der Waals surface area contributed by atoms with Gasteiger partial charge in [-0.2, -0.15) is 0 Å². The Labute approximate surface area is 927 Å². The second-order valence-corrected chi connectivity index (χ2v) is 40.6. The predicted octanol–water partition coefficient (Wildman–Crippen LogP) is 19.7. The lowest BCUT2D eigenvalue weighted by molar-refractivity contribution is -0.0259. The highest BCUT2D eigenvalue weighted by molar-refractivity contribution is 5.55. The van der Waals surface area contributed by atoms with Crippen LogP contribution in [0.4, 0.5) is 0 Å².